The monoisotopic (exact) mass is 164 g/mol. The van der Waals surface area contributed by atoms with Crippen LogP contribution in [0.5, 0.6) is 0 Å². The molecule has 2 aliphatic rings. The third-order valence-corrected chi connectivity index (χ3v) is 4.04. The molecule has 12 heavy (non-hydrogen) atoms. The molecule has 0 heterocycles. The second-order valence-electron chi connectivity index (χ2n) is 5.17. The van der Waals surface area contributed by atoms with Crippen LogP contribution in [0.4, 0.5) is 0 Å². The smallest absolute Gasteiger partial charge is 0.280 e. The van der Waals surface area contributed by atoms with Crippen molar-refractivity contribution in [3.8, 4) is 0 Å². The molecule has 0 amide bonds. The highest BCUT2D eigenvalue weighted by Crippen LogP contribution is 2.59. The normalized spacial score (nSPS) is 43.2. The van der Waals surface area contributed by atoms with Gasteiger partial charge in [-0.25, -0.2) is 0 Å². The molecule has 0 spiro atoms. The van der Waals surface area contributed by atoms with Crippen molar-refractivity contribution in [1.82, 2.24) is 0 Å². The summed E-state index contributed by atoms with van der Waals surface area (Å²) in [7, 11) is 0. The van der Waals surface area contributed by atoms with Crippen LogP contribution >= 0.6 is 0 Å². The van der Waals surface area contributed by atoms with E-state index in [1.54, 1.807) is 0 Å². The summed E-state index contributed by atoms with van der Waals surface area (Å²) in [4.78, 5) is 3.51. The van der Waals surface area contributed by atoms with Crippen molar-refractivity contribution in [3.05, 3.63) is 5.53 Å². The fourth-order valence-corrected chi connectivity index (χ4v) is 3.29. The van der Waals surface area contributed by atoms with Gasteiger partial charge in [-0.2, -0.15) is 4.79 Å². The van der Waals surface area contributed by atoms with Gasteiger partial charge in [0.05, 0.1) is 10.8 Å². The van der Waals surface area contributed by atoms with Crippen molar-refractivity contribution in [2.24, 2.45) is 16.7 Å². The quantitative estimate of drug-likeness (QED) is 0.389. The summed E-state index contributed by atoms with van der Waals surface area (Å²) in [5.74, 6) is 0.744. The molecule has 0 aromatic rings. The van der Waals surface area contributed by atoms with Crippen LogP contribution in [-0.4, -0.2) is 10.5 Å². The molecule has 66 valence electrons. The van der Waals surface area contributed by atoms with Gasteiger partial charge in [-0.3, -0.25) is 0 Å². The highest BCUT2D eigenvalue weighted by Gasteiger charge is 2.62. The largest absolute Gasteiger partial charge is 0.362 e. The molecule has 2 fully saturated rings. The van der Waals surface area contributed by atoms with Crippen molar-refractivity contribution in [2.45, 2.75) is 40.0 Å². The maximum Gasteiger partial charge on any atom is 0.280 e. The van der Waals surface area contributed by atoms with E-state index in [-0.39, 0.29) is 10.8 Å². The van der Waals surface area contributed by atoms with E-state index < -0.39 is 0 Å². The lowest BCUT2D eigenvalue weighted by atomic mass is 9.71. The number of fused-ring (bicyclic) bond motifs is 2. The highest BCUT2D eigenvalue weighted by molar-refractivity contribution is 5.93. The summed E-state index contributed by atoms with van der Waals surface area (Å²) >= 11 is 0. The third kappa shape index (κ3) is 0.714. The van der Waals surface area contributed by atoms with E-state index in [2.05, 4.69) is 25.6 Å². The minimum atomic E-state index is 0.141. The topological polar surface area (TPSA) is 36.4 Å². The highest BCUT2D eigenvalue weighted by atomic mass is 14.9. The van der Waals surface area contributed by atoms with Crippen LogP contribution in [0.3, 0.4) is 0 Å². The second kappa shape index (κ2) is 2.00. The summed E-state index contributed by atoms with van der Waals surface area (Å²) < 4.78 is 0. The third-order valence-electron chi connectivity index (χ3n) is 4.04. The lowest BCUT2D eigenvalue weighted by Gasteiger charge is -2.27. The number of hydrogen-bond acceptors (Lipinski definition) is 0. The zero-order valence-corrected chi connectivity index (χ0v) is 8.09. The van der Waals surface area contributed by atoms with Gasteiger partial charge in [0.15, 0.2) is 0 Å². The van der Waals surface area contributed by atoms with E-state index in [9.17, 15) is 0 Å². The average Bonchev–Trinajstić information content (AvgIpc) is 2.39. The average molecular weight is 164 g/mol. The van der Waals surface area contributed by atoms with E-state index in [1.165, 1.54) is 19.3 Å². The minimum Gasteiger partial charge on any atom is -0.362 e. The molecule has 2 rings (SSSR count). The molecule has 0 aromatic carbocycles. The summed E-state index contributed by atoms with van der Waals surface area (Å²) in [6.07, 6.45) is 3.74. The number of nitrogens with zero attached hydrogens (tertiary/aromatic N) is 2. The predicted octanol–water partition coefficient (Wildman–Crippen LogP) is 2.50. The van der Waals surface area contributed by atoms with E-state index >= 15 is 0 Å². The van der Waals surface area contributed by atoms with Gasteiger partial charge in [0.2, 0.25) is 0 Å². The van der Waals surface area contributed by atoms with Crippen LogP contribution in [0, 0.1) is 16.7 Å². The van der Waals surface area contributed by atoms with Crippen LogP contribution in [0.1, 0.15) is 40.0 Å². The molecule has 0 aliphatic heterocycles. The van der Waals surface area contributed by atoms with Crippen LogP contribution in [0.15, 0.2) is 0 Å². The number of hydrogen-bond donors (Lipinski definition) is 0. The Bertz CT molecular complexity index is 267. The van der Waals surface area contributed by atoms with E-state index in [0.29, 0.717) is 0 Å². The Balaban J connectivity index is 2.52. The summed E-state index contributed by atoms with van der Waals surface area (Å²) in [5.41, 5.74) is 10.4. The van der Waals surface area contributed by atoms with Crippen molar-refractivity contribution in [3.63, 3.8) is 0 Å². The van der Waals surface area contributed by atoms with Crippen LogP contribution in [-0.2, 0) is 0 Å². The first-order valence-corrected chi connectivity index (χ1v) is 4.74. The lowest BCUT2D eigenvalue weighted by molar-refractivity contribution is -0.0324. The Morgan fingerprint density at radius 1 is 1.42 bits per heavy atom. The molecule has 2 nitrogen and oxygen atoms in total. The molecule has 0 aromatic heterocycles. The van der Waals surface area contributed by atoms with E-state index in [4.69, 9.17) is 5.53 Å². The van der Waals surface area contributed by atoms with E-state index in [0.717, 1.165) is 11.6 Å². The Hall–Kier alpha value is -0.620. The molecule has 0 radical (unpaired) electrons. The lowest BCUT2D eigenvalue weighted by Crippen LogP contribution is -2.36. The number of rotatable bonds is 0. The van der Waals surface area contributed by atoms with Gasteiger partial charge in [-0.05, 0) is 46.0 Å². The Morgan fingerprint density at radius 3 is 2.42 bits per heavy atom. The van der Waals surface area contributed by atoms with Crippen LogP contribution < -0.4 is 0 Å². The van der Waals surface area contributed by atoms with Crippen molar-refractivity contribution in [2.75, 3.05) is 0 Å². The van der Waals surface area contributed by atoms with Gasteiger partial charge < -0.3 is 5.53 Å². The van der Waals surface area contributed by atoms with Crippen molar-refractivity contribution in [1.29, 1.82) is 0 Å². The fraction of sp³-hybridized carbons (Fsp3) is 0.900. The second-order valence-corrected chi connectivity index (χ2v) is 5.17. The molecular formula is C10H16N2. The molecule has 0 N–H and O–H groups in total. The Kier molecular flexibility index (Phi) is 1.33. The predicted molar refractivity (Wildman–Crippen MR) is 47.9 cm³/mol. The van der Waals surface area contributed by atoms with Gasteiger partial charge in [0, 0.05) is 0 Å². The first-order valence-electron chi connectivity index (χ1n) is 4.74. The van der Waals surface area contributed by atoms with Gasteiger partial charge in [0.1, 0.15) is 0 Å². The molecule has 2 atom stereocenters. The first-order chi connectivity index (χ1) is 5.50. The minimum absolute atomic E-state index is 0.141. The summed E-state index contributed by atoms with van der Waals surface area (Å²) in [5, 5.41) is 0. The summed E-state index contributed by atoms with van der Waals surface area (Å²) in [6, 6.07) is 0. The molecule has 0 saturated heterocycles. The van der Waals surface area contributed by atoms with Crippen molar-refractivity contribution < 1.29 is 4.79 Å². The Morgan fingerprint density at radius 2 is 2.08 bits per heavy atom. The zero-order chi connectivity index (χ0) is 8.98. The van der Waals surface area contributed by atoms with Crippen molar-refractivity contribution >= 4 is 5.71 Å². The van der Waals surface area contributed by atoms with Crippen LogP contribution in [0.2, 0.25) is 0 Å². The molecule has 2 aliphatic carbocycles. The molecule has 2 saturated carbocycles. The van der Waals surface area contributed by atoms with E-state index in [1.807, 2.05) is 0 Å². The SMILES string of the molecule is CC1(C)C(=[N+]=[N-])[C@]2(C)CCC1C2. The molecular weight excluding hydrogens is 148 g/mol. The fourth-order valence-electron chi connectivity index (χ4n) is 3.29. The standard InChI is InChI=1S/C10H16N2/c1-9(2)7-4-5-10(3,6-7)8(9)12-11/h7H,4-6H2,1-3H3/t7?,10-/m1/s1. The zero-order valence-electron chi connectivity index (χ0n) is 8.09. The van der Waals surface area contributed by atoms with Gasteiger partial charge >= 0.3 is 0 Å². The van der Waals surface area contributed by atoms with Gasteiger partial charge in [-0.15, -0.1) is 0 Å². The van der Waals surface area contributed by atoms with Crippen LogP contribution in [0.25, 0.3) is 5.53 Å². The summed E-state index contributed by atoms with van der Waals surface area (Å²) in [6.45, 7) is 6.64. The van der Waals surface area contributed by atoms with Gasteiger partial charge in [0.25, 0.3) is 5.71 Å². The maximum atomic E-state index is 8.98. The molecule has 2 heteroatoms. The van der Waals surface area contributed by atoms with Gasteiger partial charge in [-0.1, -0.05) is 0 Å². The molecule has 2 bridgehead atoms. The molecule has 1 unspecified atom stereocenters. The Labute approximate surface area is 73.6 Å². The maximum absolute atomic E-state index is 8.98. The first kappa shape index (κ1) is 8.00.